The van der Waals surface area contributed by atoms with Gasteiger partial charge < -0.3 is 9.47 Å². The molecule has 0 saturated carbocycles. The lowest BCUT2D eigenvalue weighted by Crippen LogP contribution is -2.10. The molecule has 1 heterocycles. The number of hydrogen-bond donors (Lipinski definition) is 0. The number of allylic oxidation sites excluding steroid dienone is 3. The lowest BCUT2D eigenvalue weighted by atomic mass is 9.90. The molecule has 0 aromatic heterocycles. The van der Waals surface area contributed by atoms with E-state index in [9.17, 15) is 0 Å². The van der Waals surface area contributed by atoms with Crippen LogP contribution in [0.1, 0.15) is 51.0 Å². The van der Waals surface area contributed by atoms with Gasteiger partial charge in [-0.05, 0) is 24.5 Å². The van der Waals surface area contributed by atoms with Crippen molar-refractivity contribution in [2.24, 2.45) is 0 Å². The third-order valence-corrected chi connectivity index (χ3v) is 3.82. The van der Waals surface area contributed by atoms with E-state index < -0.39 is 0 Å². The molecule has 0 amide bonds. The van der Waals surface area contributed by atoms with Crippen LogP contribution in [0.3, 0.4) is 0 Å². The fourth-order valence-corrected chi connectivity index (χ4v) is 2.51. The second-order valence-corrected chi connectivity index (χ2v) is 5.23. The van der Waals surface area contributed by atoms with Crippen molar-refractivity contribution >= 4 is 0 Å². The number of hydrogen-bond acceptors (Lipinski definition) is 2. The molecule has 0 fully saturated rings. The van der Waals surface area contributed by atoms with Crippen LogP contribution in [0.15, 0.2) is 53.7 Å². The molecule has 2 rings (SSSR count). The minimum atomic E-state index is 0.315. The summed E-state index contributed by atoms with van der Waals surface area (Å²) in [4.78, 5) is 0. The summed E-state index contributed by atoms with van der Waals surface area (Å²) in [7, 11) is 1.69. The Morgan fingerprint density at radius 3 is 2.65 bits per heavy atom. The first kappa shape index (κ1) is 14.7. The van der Waals surface area contributed by atoms with Crippen LogP contribution < -0.4 is 0 Å². The van der Waals surface area contributed by atoms with Crippen molar-refractivity contribution in [2.75, 3.05) is 7.11 Å². The summed E-state index contributed by atoms with van der Waals surface area (Å²) in [5.41, 5.74) is 2.52. The van der Waals surface area contributed by atoms with E-state index in [4.69, 9.17) is 9.47 Å². The molecule has 1 aromatic rings. The highest BCUT2D eigenvalue weighted by Gasteiger charge is 2.22. The zero-order chi connectivity index (χ0) is 14.4. The normalized spacial score (nSPS) is 16.4. The quantitative estimate of drug-likeness (QED) is 0.713. The summed E-state index contributed by atoms with van der Waals surface area (Å²) in [6, 6.07) is 10.5. The van der Waals surface area contributed by atoms with E-state index in [2.05, 4.69) is 44.2 Å². The van der Waals surface area contributed by atoms with Gasteiger partial charge in [0.05, 0.1) is 7.11 Å². The average Bonchev–Trinajstić information content (AvgIpc) is 2.52. The topological polar surface area (TPSA) is 18.5 Å². The van der Waals surface area contributed by atoms with Gasteiger partial charge in [0.25, 0.3) is 5.95 Å². The molecule has 0 N–H and O–H groups in total. The van der Waals surface area contributed by atoms with Gasteiger partial charge in [-0.3, -0.25) is 0 Å². The van der Waals surface area contributed by atoms with Gasteiger partial charge >= 0.3 is 0 Å². The van der Waals surface area contributed by atoms with Crippen LogP contribution in [-0.2, 0) is 9.47 Å². The van der Waals surface area contributed by atoms with Crippen molar-refractivity contribution in [1.82, 2.24) is 0 Å². The Bertz CT molecular complexity index is 485. The number of ether oxygens (including phenoxy) is 2. The Kier molecular flexibility index (Phi) is 5.28. The minimum Gasteiger partial charge on any atom is -0.468 e. The van der Waals surface area contributed by atoms with Gasteiger partial charge in [-0.2, -0.15) is 0 Å². The Labute approximate surface area is 122 Å². The van der Waals surface area contributed by atoms with Gasteiger partial charge in [0.2, 0.25) is 0 Å². The summed E-state index contributed by atoms with van der Waals surface area (Å²) in [6.07, 6.45) is 6.45. The lowest BCUT2D eigenvalue weighted by molar-refractivity contribution is 0.0870. The van der Waals surface area contributed by atoms with Crippen molar-refractivity contribution < 1.29 is 9.47 Å². The van der Waals surface area contributed by atoms with Gasteiger partial charge in [-0.25, -0.2) is 0 Å². The van der Waals surface area contributed by atoms with Crippen LogP contribution in [0.5, 0.6) is 0 Å². The van der Waals surface area contributed by atoms with Crippen molar-refractivity contribution in [3.63, 3.8) is 0 Å². The molecule has 1 atom stereocenters. The maximum absolute atomic E-state index is 5.91. The molecule has 2 heteroatoms. The minimum absolute atomic E-state index is 0.315. The average molecular weight is 272 g/mol. The van der Waals surface area contributed by atoms with Crippen LogP contribution >= 0.6 is 0 Å². The zero-order valence-electron chi connectivity index (χ0n) is 12.7. The van der Waals surface area contributed by atoms with E-state index in [1.165, 1.54) is 17.6 Å². The molecular formula is C18H24O2. The maximum atomic E-state index is 5.91. The summed E-state index contributed by atoms with van der Waals surface area (Å²) in [5, 5.41) is 0. The molecule has 0 spiro atoms. The van der Waals surface area contributed by atoms with Crippen molar-refractivity contribution in [2.45, 2.75) is 45.4 Å². The van der Waals surface area contributed by atoms with Crippen molar-refractivity contribution in [3.8, 4) is 0 Å². The molecule has 1 unspecified atom stereocenters. The van der Waals surface area contributed by atoms with Gasteiger partial charge in [0.1, 0.15) is 5.76 Å². The van der Waals surface area contributed by atoms with E-state index in [0.29, 0.717) is 11.9 Å². The second-order valence-electron chi connectivity index (χ2n) is 5.23. The third-order valence-electron chi connectivity index (χ3n) is 3.82. The monoisotopic (exact) mass is 272 g/mol. The molecule has 1 aliphatic rings. The maximum Gasteiger partial charge on any atom is 0.284 e. The van der Waals surface area contributed by atoms with E-state index in [1.54, 1.807) is 7.11 Å². The fourth-order valence-electron chi connectivity index (χ4n) is 2.51. The Morgan fingerprint density at radius 2 is 2.00 bits per heavy atom. The van der Waals surface area contributed by atoms with E-state index in [1.807, 2.05) is 6.07 Å². The van der Waals surface area contributed by atoms with Crippen molar-refractivity contribution in [3.05, 3.63) is 59.2 Å². The highest BCUT2D eigenvalue weighted by Crippen LogP contribution is 2.34. The molecule has 0 aliphatic carbocycles. The number of unbranched alkanes of at least 4 members (excludes halogenated alkanes) is 1. The molecular weight excluding hydrogens is 248 g/mol. The van der Waals surface area contributed by atoms with E-state index in [-0.39, 0.29) is 0 Å². The first-order valence-electron chi connectivity index (χ1n) is 7.45. The first-order valence-corrected chi connectivity index (χ1v) is 7.45. The van der Waals surface area contributed by atoms with E-state index in [0.717, 1.165) is 25.0 Å². The van der Waals surface area contributed by atoms with Crippen LogP contribution in [-0.4, -0.2) is 7.11 Å². The summed E-state index contributed by atoms with van der Waals surface area (Å²) in [5.74, 6) is 2.05. The predicted octanol–water partition coefficient (Wildman–Crippen LogP) is 5.14. The number of methoxy groups -OCH3 is 1. The standard InChI is InChI=1S/C18H24O2/c1-4-5-11-16-12-13-17(18(19-3)20-16)14(2)15-9-7-6-8-10-15/h6-10,12,14H,4-5,11,13H2,1-3H3. The smallest absolute Gasteiger partial charge is 0.284 e. The highest BCUT2D eigenvalue weighted by atomic mass is 16.7. The molecule has 0 saturated heterocycles. The summed E-state index contributed by atoms with van der Waals surface area (Å²) >= 11 is 0. The zero-order valence-corrected chi connectivity index (χ0v) is 12.7. The Hall–Kier alpha value is -1.70. The van der Waals surface area contributed by atoms with Crippen LogP contribution in [0.25, 0.3) is 0 Å². The Morgan fingerprint density at radius 1 is 1.25 bits per heavy atom. The van der Waals surface area contributed by atoms with Gasteiger partial charge in [-0.15, -0.1) is 0 Å². The predicted molar refractivity (Wildman–Crippen MR) is 82.2 cm³/mol. The highest BCUT2D eigenvalue weighted by molar-refractivity contribution is 5.31. The molecule has 1 aromatic carbocycles. The van der Waals surface area contributed by atoms with Gasteiger partial charge in [-0.1, -0.05) is 50.6 Å². The number of benzene rings is 1. The van der Waals surface area contributed by atoms with E-state index >= 15 is 0 Å². The third kappa shape index (κ3) is 3.44. The molecule has 0 radical (unpaired) electrons. The summed E-state index contributed by atoms with van der Waals surface area (Å²) < 4.78 is 11.4. The van der Waals surface area contributed by atoms with Gasteiger partial charge in [0, 0.05) is 17.9 Å². The van der Waals surface area contributed by atoms with Crippen molar-refractivity contribution in [1.29, 1.82) is 0 Å². The first-order chi connectivity index (χ1) is 9.76. The molecule has 20 heavy (non-hydrogen) atoms. The lowest BCUT2D eigenvalue weighted by Gasteiger charge is -2.24. The molecule has 108 valence electrons. The van der Waals surface area contributed by atoms with Gasteiger partial charge in [0.15, 0.2) is 0 Å². The fraction of sp³-hybridized carbons (Fsp3) is 0.444. The SMILES string of the molecule is CCCCC1=CCC(C(C)c2ccccc2)=C(OC)O1. The Balaban J connectivity index is 2.13. The largest absolute Gasteiger partial charge is 0.468 e. The molecule has 0 bridgehead atoms. The van der Waals surface area contributed by atoms with Crippen LogP contribution in [0.2, 0.25) is 0 Å². The van der Waals surface area contributed by atoms with Crippen LogP contribution in [0.4, 0.5) is 0 Å². The summed E-state index contributed by atoms with van der Waals surface area (Å²) in [6.45, 7) is 4.40. The molecule has 2 nitrogen and oxygen atoms in total. The van der Waals surface area contributed by atoms with Crippen LogP contribution in [0, 0.1) is 0 Å². The second kappa shape index (κ2) is 7.18. The molecule has 1 aliphatic heterocycles. The number of rotatable bonds is 6.